The summed E-state index contributed by atoms with van der Waals surface area (Å²) in [5, 5.41) is 12.8. The first-order chi connectivity index (χ1) is 18.1. The predicted molar refractivity (Wildman–Crippen MR) is 139 cm³/mol. The van der Waals surface area contributed by atoms with Crippen molar-refractivity contribution >= 4 is 28.5 Å². The summed E-state index contributed by atoms with van der Waals surface area (Å²) in [6, 6.07) is 23.0. The summed E-state index contributed by atoms with van der Waals surface area (Å²) >= 11 is 0. The number of furan rings is 1. The van der Waals surface area contributed by atoms with E-state index in [0.717, 1.165) is 11.1 Å². The molecule has 2 aromatic carbocycles. The number of aromatic nitrogens is 6. The van der Waals surface area contributed by atoms with Crippen LogP contribution in [0.1, 0.15) is 18.1 Å². The van der Waals surface area contributed by atoms with Crippen LogP contribution in [0.2, 0.25) is 0 Å². The summed E-state index contributed by atoms with van der Waals surface area (Å²) in [7, 11) is 0. The second-order valence-electron chi connectivity index (χ2n) is 8.84. The van der Waals surface area contributed by atoms with Crippen LogP contribution >= 0.6 is 0 Å². The summed E-state index contributed by atoms with van der Waals surface area (Å²) in [4.78, 5) is 23.0. The highest BCUT2D eigenvalue weighted by Crippen LogP contribution is 2.31. The third-order valence-electron chi connectivity index (χ3n) is 6.51. The SMILES string of the molecule is CC(C(=O)NCCc1ccccc1)(c1ccccc1)n1ncc2c1nc(N)n1nc(-c3ccco3)nc21. The summed E-state index contributed by atoms with van der Waals surface area (Å²) in [5.74, 6) is 0.797. The molecule has 0 saturated carbocycles. The molecule has 4 aromatic heterocycles. The number of hydrogen-bond acceptors (Lipinski definition) is 7. The molecule has 1 atom stereocenters. The molecule has 10 nitrogen and oxygen atoms in total. The first-order valence-corrected chi connectivity index (χ1v) is 11.9. The minimum absolute atomic E-state index is 0.120. The number of hydrogen-bond donors (Lipinski definition) is 2. The van der Waals surface area contributed by atoms with Gasteiger partial charge in [-0.3, -0.25) is 4.79 Å². The maximum absolute atomic E-state index is 13.8. The van der Waals surface area contributed by atoms with Crippen LogP contribution in [0.3, 0.4) is 0 Å². The first-order valence-electron chi connectivity index (χ1n) is 11.9. The smallest absolute Gasteiger partial charge is 0.252 e. The van der Waals surface area contributed by atoms with Gasteiger partial charge >= 0.3 is 0 Å². The Morgan fingerprint density at radius 3 is 2.49 bits per heavy atom. The highest BCUT2D eigenvalue weighted by atomic mass is 16.3. The lowest BCUT2D eigenvalue weighted by Gasteiger charge is -2.30. The van der Waals surface area contributed by atoms with Crippen LogP contribution in [0.4, 0.5) is 5.95 Å². The van der Waals surface area contributed by atoms with E-state index in [0.29, 0.717) is 41.2 Å². The van der Waals surface area contributed by atoms with Crippen molar-refractivity contribution in [1.82, 2.24) is 34.7 Å². The molecule has 0 aliphatic rings. The minimum atomic E-state index is -1.21. The molecular weight excluding hydrogens is 468 g/mol. The first kappa shape index (κ1) is 22.5. The van der Waals surface area contributed by atoms with Crippen LogP contribution in [0.25, 0.3) is 28.3 Å². The second-order valence-corrected chi connectivity index (χ2v) is 8.84. The van der Waals surface area contributed by atoms with Crippen LogP contribution < -0.4 is 11.1 Å². The van der Waals surface area contributed by atoms with Gasteiger partial charge in [-0.15, -0.1) is 5.10 Å². The summed E-state index contributed by atoms with van der Waals surface area (Å²) in [5.41, 5.74) is 7.89. The van der Waals surface area contributed by atoms with Crippen molar-refractivity contribution in [2.75, 3.05) is 12.3 Å². The van der Waals surface area contributed by atoms with Gasteiger partial charge in [-0.1, -0.05) is 60.7 Å². The molecule has 1 amide bonds. The molecule has 10 heteroatoms. The lowest BCUT2D eigenvalue weighted by Crippen LogP contribution is -2.48. The van der Waals surface area contributed by atoms with Gasteiger partial charge in [0, 0.05) is 6.54 Å². The van der Waals surface area contributed by atoms with Gasteiger partial charge in [-0.25, -0.2) is 9.67 Å². The third kappa shape index (κ3) is 3.79. The molecule has 0 spiro atoms. The predicted octanol–water partition coefficient (Wildman–Crippen LogP) is 3.44. The maximum atomic E-state index is 13.8. The van der Waals surface area contributed by atoms with Crippen LogP contribution in [0, 0.1) is 0 Å². The zero-order valence-corrected chi connectivity index (χ0v) is 20.1. The van der Waals surface area contributed by atoms with E-state index < -0.39 is 5.54 Å². The van der Waals surface area contributed by atoms with E-state index in [1.807, 2.05) is 67.6 Å². The van der Waals surface area contributed by atoms with Crippen LogP contribution in [-0.4, -0.2) is 41.8 Å². The maximum Gasteiger partial charge on any atom is 0.252 e. The van der Waals surface area contributed by atoms with Gasteiger partial charge in [-0.2, -0.15) is 14.6 Å². The van der Waals surface area contributed by atoms with Gasteiger partial charge in [0.25, 0.3) is 5.91 Å². The van der Waals surface area contributed by atoms with E-state index in [2.05, 4.69) is 25.5 Å². The van der Waals surface area contributed by atoms with Crippen molar-refractivity contribution < 1.29 is 9.21 Å². The lowest BCUT2D eigenvalue weighted by molar-refractivity contribution is -0.127. The van der Waals surface area contributed by atoms with Crippen molar-refractivity contribution in [3.05, 3.63) is 96.4 Å². The Morgan fingerprint density at radius 2 is 1.76 bits per heavy atom. The number of rotatable bonds is 7. The third-order valence-corrected chi connectivity index (χ3v) is 6.51. The van der Waals surface area contributed by atoms with Gasteiger partial charge in [0.2, 0.25) is 11.8 Å². The van der Waals surface area contributed by atoms with Crippen LogP contribution in [0.15, 0.2) is 89.7 Å². The molecule has 3 N–H and O–H groups in total. The topological polar surface area (TPSA) is 129 Å². The number of fused-ring (bicyclic) bond motifs is 3. The van der Waals surface area contributed by atoms with E-state index >= 15 is 0 Å². The minimum Gasteiger partial charge on any atom is -0.461 e. The number of nitrogens with zero attached hydrogens (tertiary/aromatic N) is 6. The van der Waals surface area contributed by atoms with Gasteiger partial charge in [0.15, 0.2) is 22.6 Å². The zero-order chi connectivity index (χ0) is 25.4. The fraction of sp³-hybridized carbons (Fsp3) is 0.148. The average Bonchev–Trinajstić information content (AvgIpc) is 3.69. The molecule has 1 unspecified atom stereocenters. The Labute approximate surface area is 211 Å². The fourth-order valence-electron chi connectivity index (χ4n) is 4.50. The molecule has 4 heterocycles. The van der Waals surface area contributed by atoms with Gasteiger partial charge in [-0.05, 0) is 36.6 Å². The molecule has 0 fully saturated rings. The number of nitrogens with one attached hydrogen (secondary N) is 1. The number of carbonyl (C=O) groups is 1. The monoisotopic (exact) mass is 492 g/mol. The number of nitrogens with two attached hydrogens (primary N) is 1. The van der Waals surface area contributed by atoms with Crippen LogP contribution in [-0.2, 0) is 16.8 Å². The van der Waals surface area contributed by atoms with E-state index in [1.165, 1.54) is 4.52 Å². The fourth-order valence-corrected chi connectivity index (χ4v) is 4.50. The van der Waals surface area contributed by atoms with E-state index in [9.17, 15) is 4.79 Å². The highest BCUT2D eigenvalue weighted by Gasteiger charge is 2.40. The van der Waals surface area contributed by atoms with Crippen LogP contribution in [0.5, 0.6) is 0 Å². The molecule has 6 rings (SSSR count). The molecule has 6 aromatic rings. The number of anilines is 1. The summed E-state index contributed by atoms with van der Waals surface area (Å²) in [6.07, 6.45) is 3.90. The highest BCUT2D eigenvalue weighted by molar-refractivity contribution is 5.94. The molecule has 0 bridgehead atoms. The van der Waals surface area contributed by atoms with E-state index in [1.54, 1.807) is 29.3 Å². The summed E-state index contributed by atoms with van der Waals surface area (Å²) in [6.45, 7) is 2.30. The quantitative estimate of drug-likeness (QED) is 0.349. The Morgan fingerprint density at radius 1 is 1.00 bits per heavy atom. The van der Waals surface area contributed by atoms with Crippen molar-refractivity contribution in [3.63, 3.8) is 0 Å². The van der Waals surface area contributed by atoms with Crippen molar-refractivity contribution in [2.24, 2.45) is 0 Å². The zero-order valence-electron chi connectivity index (χ0n) is 20.1. The molecular formula is C27H24N8O2. The Kier molecular flexibility index (Phi) is 5.41. The molecule has 184 valence electrons. The average molecular weight is 493 g/mol. The molecule has 37 heavy (non-hydrogen) atoms. The van der Waals surface area contributed by atoms with Crippen molar-refractivity contribution in [1.29, 1.82) is 0 Å². The molecule has 0 radical (unpaired) electrons. The number of benzene rings is 2. The molecule has 0 aliphatic heterocycles. The number of carbonyl (C=O) groups excluding carboxylic acids is 1. The Balaban J connectivity index is 1.43. The summed E-state index contributed by atoms with van der Waals surface area (Å²) < 4.78 is 8.50. The lowest BCUT2D eigenvalue weighted by atomic mass is 9.91. The Bertz CT molecular complexity index is 1690. The number of nitrogen functional groups attached to an aromatic ring is 1. The van der Waals surface area contributed by atoms with E-state index in [-0.39, 0.29) is 11.9 Å². The van der Waals surface area contributed by atoms with Crippen molar-refractivity contribution in [2.45, 2.75) is 18.9 Å². The molecule has 0 saturated heterocycles. The van der Waals surface area contributed by atoms with Gasteiger partial charge < -0.3 is 15.5 Å². The molecule has 0 aliphatic carbocycles. The largest absolute Gasteiger partial charge is 0.461 e. The number of amides is 1. The van der Waals surface area contributed by atoms with Crippen molar-refractivity contribution in [3.8, 4) is 11.6 Å². The van der Waals surface area contributed by atoms with E-state index in [4.69, 9.17) is 10.2 Å². The van der Waals surface area contributed by atoms with Gasteiger partial charge in [0.1, 0.15) is 0 Å². The van der Waals surface area contributed by atoms with Gasteiger partial charge in [0.05, 0.1) is 17.8 Å². The normalized spacial score (nSPS) is 13.1. The Hall–Kier alpha value is -4.99. The standard InChI is InChI=1S/C27H24N8O2/c1-27(19-11-6-3-7-12-19,25(36)29-15-14-18-9-4-2-5-10-18)35-24-20(17-30-35)23-31-22(21-13-8-16-37-21)33-34(23)26(28)32-24/h2-13,16-17H,14-15H2,1H3,(H2,28,32)(H,29,36). The second kappa shape index (κ2) is 8.90.